The Kier molecular flexibility index (Phi) is 5.36. The Bertz CT molecular complexity index is 878. The Hall–Kier alpha value is -2.79. The van der Waals surface area contributed by atoms with Gasteiger partial charge in [0.25, 0.3) is 0 Å². The van der Waals surface area contributed by atoms with E-state index >= 15 is 0 Å². The van der Waals surface area contributed by atoms with Crippen LogP contribution in [0.2, 0.25) is 5.02 Å². The van der Waals surface area contributed by atoms with Crippen molar-refractivity contribution in [1.82, 2.24) is 9.78 Å². The van der Waals surface area contributed by atoms with Crippen molar-refractivity contribution in [3.05, 3.63) is 77.0 Å². The highest BCUT2D eigenvalue weighted by atomic mass is 35.5. The van der Waals surface area contributed by atoms with Gasteiger partial charge >= 0.3 is 0 Å². The van der Waals surface area contributed by atoms with Gasteiger partial charge in [-0.25, -0.2) is 0 Å². The van der Waals surface area contributed by atoms with Crippen LogP contribution in [0.1, 0.15) is 28.8 Å². The molecule has 0 aliphatic carbocycles. The van der Waals surface area contributed by atoms with Crippen molar-refractivity contribution in [3.63, 3.8) is 0 Å². The van der Waals surface area contributed by atoms with Crippen molar-refractivity contribution in [3.8, 4) is 5.75 Å². The number of hydrogen-bond donors (Lipinski definition) is 0. The Morgan fingerprint density at radius 2 is 2.08 bits per heavy atom. The second kappa shape index (κ2) is 7.85. The lowest BCUT2D eigenvalue weighted by atomic mass is 10.2. The van der Waals surface area contributed by atoms with Gasteiger partial charge in [-0.1, -0.05) is 11.6 Å². The van der Waals surface area contributed by atoms with Crippen molar-refractivity contribution < 1.29 is 13.9 Å². The number of furan rings is 1. The molecule has 0 radical (unpaired) electrons. The summed E-state index contributed by atoms with van der Waals surface area (Å²) in [7, 11) is 0. The molecule has 1 aromatic carbocycles. The minimum atomic E-state index is -0.116. The first-order chi connectivity index (χ1) is 12.1. The first kappa shape index (κ1) is 17.0. The Morgan fingerprint density at radius 3 is 2.80 bits per heavy atom. The van der Waals surface area contributed by atoms with Gasteiger partial charge in [-0.15, -0.1) is 0 Å². The highest BCUT2D eigenvalue weighted by Crippen LogP contribution is 2.18. The van der Waals surface area contributed by atoms with Crippen LogP contribution in [0, 0.1) is 0 Å². The first-order valence-corrected chi connectivity index (χ1v) is 8.24. The molecule has 0 unspecified atom stereocenters. The van der Waals surface area contributed by atoms with Gasteiger partial charge in [0.05, 0.1) is 11.8 Å². The molecule has 0 bridgehead atoms. The van der Waals surface area contributed by atoms with E-state index in [0.717, 1.165) is 6.54 Å². The summed E-state index contributed by atoms with van der Waals surface area (Å²) in [6.45, 7) is 2.99. The average Bonchev–Trinajstić information content (AvgIpc) is 3.28. The van der Waals surface area contributed by atoms with Gasteiger partial charge in [-0.2, -0.15) is 5.10 Å². The zero-order chi connectivity index (χ0) is 17.6. The molecule has 0 aliphatic rings. The molecule has 0 atom stereocenters. The van der Waals surface area contributed by atoms with Crippen LogP contribution in [-0.4, -0.2) is 15.6 Å². The second-order valence-electron chi connectivity index (χ2n) is 5.33. The highest BCUT2D eigenvalue weighted by Gasteiger charge is 2.06. The number of carbonyl (C=O) groups excluding carboxylic acids is 1. The minimum absolute atomic E-state index is 0.116. The molecule has 0 saturated carbocycles. The number of halogens is 1. The normalized spacial score (nSPS) is 11.1. The summed E-state index contributed by atoms with van der Waals surface area (Å²) < 4.78 is 13.0. The second-order valence-corrected chi connectivity index (χ2v) is 5.77. The fourth-order valence-corrected chi connectivity index (χ4v) is 2.29. The third-order valence-electron chi connectivity index (χ3n) is 3.52. The number of rotatable bonds is 7. The number of aryl methyl sites for hydroxylation is 1. The van der Waals surface area contributed by atoms with Crippen molar-refractivity contribution >= 4 is 23.5 Å². The van der Waals surface area contributed by atoms with E-state index in [0.29, 0.717) is 34.5 Å². The van der Waals surface area contributed by atoms with Crippen molar-refractivity contribution in [2.45, 2.75) is 20.1 Å². The largest absolute Gasteiger partial charge is 0.486 e. The Balaban J connectivity index is 1.57. The van der Waals surface area contributed by atoms with Crippen LogP contribution in [0.4, 0.5) is 0 Å². The molecule has 128 valence electrons. The molecule has 25 heavy (non-hydrogen) atoms. The fourth-order valence-electron chi connectivity index (χ4n) is 2.16. The number of ketones is 1. The molecule has 5 nitrogen and oxygen atoms in total. The summed E-state index contributed by atoms with van der Waals surface area (Å²) in [4.78, 5) is 12.1. The summed E-state index contributed by atoms with van der Waals surface area (Å²) in [6, 6.07) is 10.7. The molecular weight excluding hydrogens is 340 g/mol. The molecule has 0 saturated heterocycles. The molecule has 6 heteroatoms. The molecule has 3 aromatic rings. The third-order valence-corrected chi connectivity index (χ3v) is 3.77. The lowest BCUT2D eigenvalue weighted by molar-refractivity contribution is 0.104. The summed E-state index contributed by atoms with van der Waals surface area (Å²) in [6.07, 6.45) is 6.39. The molecule has 0 amide bonds. The van der Waals surface area contributed by atoms with E-state index < -0.39 is 0 Å². The van der Waals surface area contributed by atoms with Gasteiger partial charge < -0.3 is 9.15 Å². The van der Waals surface area contributed by atoms with Crippen LogP contribution in [0.5, 0.6) is 5.75 Å². The van der Waals surface area contributed by atoms with E-state index in [1.165, 1.54) is 6.08 Å². The molecule has 3 rings (SSSR count). The van der Waals surface area contributed by atoms with Crippen LogP contribution in [-0.2, 0) is 13.2 Å². The lowest BCUT2D eigenvalue weighted by Gasteiger charge is -2.03. The summed E-state index contributed by atoms with van der Waals surface area (Å²) in [5, 5.41) is 4.75. The molecule has 0 N–H and O–H groups in total. The molecular formula is C19H17ClN2O3. The lowest BCUT2D eigenvalue weighted by Crippen LogP contribution is -1.94. The van der Waals surface area contributed by atoms with Crippen molar-refractivity contribution in [2.24, 2.45) is 0 Å². The smallest absolute Gasteiger partial charge is 0.189 e. The molecule has 2 heterocycles. The number of carbonyl (C=O) groups is 1. The van der Waals surface area contributed by atoms with Crippen LogP contribution >= 0.6 is 11.6 Å². The number of benzene rings is 1. The quantitative estimate of drug-likeness (QED) is 0.457. The standard InChI is InChI=1S/C19H17ClN2O3/c1-2-22-12-14(11-21-22)19(23)10-9-17-7-8-18(25-17)13-24-16-5-3-15(20)4-6-16/h3-12H,2,13H2,1H3/b10-9+. The van der Waals surface area contributed by atoms with Crippen LogP contribution < -0.4 is 4.74 Å². The summed E-state index contributed by atoms with van der Waals surface area (Å²) >= 11 is 5.83. The van der Waals surface area contributed by atoms with E-state index in [4.69, 9.17) is 20.8 Å². The highest BCUT2D eigenvalue weighted by molar-refractivity contribution is 6.30. The third kappa shape index (κ3) is 4.61. The van der Waals surface area contributed by atoms with Crippen molar-refractivity contribution in [2.75, 3.05) is 0 Å². The molecule has 2 aromatic heterocycles. The minimum Gasteiger partial charge on any atom is -0.486 e. The summed E-state index contributed by atoms with van der Waals surface area (Å²) in [5.41, 5.74) is 0.552. The number of allylic oxidation sites excluding steroid dienone is 1. The molecule has 0 aliphatic heterocycles. The first-order valence-electron chi connectivity index (χ1n) is 7.86. The van der Waals surface area contributed by atoms with Crippen molar-refractivity contribution in [1.29, 1.82) is 0 Å². The SMILES string of the molecule is CCn1cc(C(=O)/C=C/c2ccc(COc3ccc(Cl)cc3)o2)cn1. The predicted molar refractivity (Wildman–Crippen MR) is 95.8 cm³/mol. The topological polar surface area (TPSA) is 57.3 Å². The van der Waals surface area contributed by atoms with Gasteiger partial charge in [0.1, 0.15) is 23.9 Å². The maximum atomic E-state index is 12.1. The Labute approximate surface area is 150 Å². The van der Waals surface area contributed by atoms with E-state index in [2.05, 4.69) is 5.10 Å². The van der Waals surface area contributed by atoms with Crippen LogP contribution in [0.15, 0.2) is 59.3 Å². The maximum absolute atomic E-state index is 12.1. The van der Waals surface area contributed by atoms with E-state index in [-0.39, 0.29) is 5.78 Å². The zero-order valence-electron chi connectivity index (χ0n) is 13.7. The van der Waals surface area contributed by atoms with Gasteiger partial charge in [-0.3, -0.25) is 9.48 Å². The summed E-state index contributed by atoms with van der Waals surface area (Å²) in [5.74, 6) is 1.85. The fraction of sp³-hybridized carbons (Fsp3) is 0.158. The van der Waals surface area contributed by atoms with E-state index in [1.807, 2.05) is 13.0 Å². The van der Waals surface area contributed by atoms with E-state index in [1.54, 1.807) is 53.5 Å². The number of aromatic nitrogens is 2. The van der Waals surface area contributed by atoms with Gasteiger partial charge in [0, 0.05) is 17.8 Å². The Morgan fingerprint density at radius 1 is 1.28 bits per heavy atom. The van der Waals surface area contributed by atoms with E-state index in [9.17, 15) is 4.79 Å². The molecule has 0 fully saturated rings. The average molecular weight is 357 g/mol. The monoisotopic (exact) mass is 356 g/mol. The number of nitrogens with zero attached hydrogens (tertiary/aromatic N) is 2. The van der Waals surface area contributed by atoms with Gasteiger partial charge in [-0.05, 0) is 55.5 Å². The zero-order valence-corrected chi connectivity index (χ0v) is 14.4. The van der Waals surface area contributed by atoms with Crippen LogP contribution in [0.25, 0.3) is 6.08 Å². The number of hydrogen-bond acceptors (Lipinski definition) is 4. The van der Waals surface area contributed by atoms with Gasteiger partial charge in [0.2, 0.25) is 0 Å². The van der Waals surface area contributed by atoms with Gasteiger partial charge in [0.15, 0.2) is 5.78 Å². The molecule has 0 spiro atoms. The maximum Gasteiger partial charge on any atom is 0.189 e. The number of ether oxygens (including phenoxy) is 1. The predicted octanol–water partition coefficient (Wildman–Crippen LogP) is 4.62. The van der Waals surface area contributed by atoms with Crippen LogP contribution in [0.3, 0.4) is 0 Å².